The number of amides is 1. The van der Waals surface area contributed by atoms with Gasteiger partial charge in [-0.2, -0.15) is 4.98 Å². The van der Waals surface area contributed by atoms with E-state index in [2.05, 4.69) is 46.5 Å². The van der Waals surface area contributed by atoms with Gasteiger partial charge in [-0.05, 0) is 44.0 Å². The van der Waals surface area contributed by atoms with Crippen LogP contribution in [0.25, 0.3) is 0 Å². The lowest BCUT2D eigenvalue weighted by atomic mass is 10.2. The number of aryl methyl sites for hydroxylation is 1. The van der Waals surface area contributed by atoms with Crippen LogP contribution in [0.1, 0.15) is 25.1 Å². The maximum absolute atomic E-state index is 12.2. The third kappa shape index (κ3) is 6.77. The number of thiol groups is 1. The highest BCUT2D eigenvalue weighted by Crippen LogP contribution is 2.19. The number of carbonyl (C=O) groups excluding carboxylic acids is 1. The van der Waals surface area contributed by atoms with E-state index in [1.165, 1.54) is 0 Å². The molecule has 34 heavy (non-hydrogen) atoms. The lowest BCUT2D eigenvalue weighted by Crippen LogP contribution is -2.21. The summed E-state index contributed by atoms with van der Waals surface area (Å²) in [5.41, 5.74) is 1.93. The van der Waals surface area contributed by atoms with E-state index in [1.54, 1.807) is 54.5 Å². The Morgan fingerprint density at radius 3 is 2.71 bits per heavy atom. The predicted molar refractivity (Wildman–Crippen MR) is 128 cm³/mol. The number of aliphatic hydroxyl groups is 1. The summed E-state index contributed by atoms with van der Waals surface area (Å²) in [6.07, 6.45) is 4.04. The van der Waals surface area contributed by atoms with Crippen LogP contribution in [0.2, 0.25) is 0 Å². The zero-order valence-corrected chi connectivity index (χ0v) is 19.8. The first-order valence-electron chi connectivity index (χ1n) is 10.3. The van der Waals surface area contributed by atoms with Gasteiger partial charge in [-0.1, -0.05) is 5.92 Å². The number of rotatable bonds is 7. The van der Waals surface area contributed by atoms with E-state index >= 15 is 0 Å². The average Bonchev–Trinajstić information content (AvgIpc) is 3.23. The van der Waals surface area contributed by atoms with E-state index in [0.717, 1.165) is 5.69 Å². The molecule has 2 heterocycles. The smallest absolute Gasteiger partial charge is 0.441 e. The molecule has 3 aromatic rings. The fourth-order valence-corrected chi connectivity index (χ4v) is 3.34. The first-order valence-corrected chi connectivity index (χ1v) is 11.6. The molecule has 0 aliphatic carbocycles. The minimum atomic E-state index is -2.26. The van der Waals surface area contributed by atoms with Crippen molar-refractivity contribution in [3.05, 3.63) is 54.2 Å². The highest BCUT2D eigenvalue weighted by atomic mass is 32.2. The van der Waals surface area contributed by atoms with Crippen molar-refractivity contribution in [1.29, 1.82) is 0 Å². The van der Waals surface area contributed by atoms with Crippen LogP contribution < -0.4 is 10.6 Å². The molecule has 0 aliphatic heterocycles. The number of nitrogens with one attached hydrogen (secondary N) is 2. The Bertz CT molecular complexity index is 1290. The predicted octanol–water partition coefficient (Wildman–Crippen LogP) is 2.33. The van der Waals surface area contributed by atoms with Crippen LogP contribution in [0.15, 0.2) is 52.2 Å². The van der Waals surface area contributed by atoms with Crippen molar-refractivity contribution in [2.75, 3.05) is 23.8 Å². The van der Waals surface area contributed by atoms with Gasteiger partial charge in [0.1, 0.15) is 11.5 Å². The van der Waals surface area contributed by atoms with Crippen LogP contribution in [-0.2, 0) is 22.4 Å². The molecule has 0 saturated heterocycles. The number of benzene rings is 1. The molecule has 12 heteroatoms. The molecule has 11 nitrogen and oxygen atoms in total. The average molecular weight is 484 g/mol. The van der Waals surface area contributed by atoms with Crippen molar-refractivity contribution in [3.63, 3.8) is 0 Å². The number of hydrogen-bond acceptors (Lipinski definition) is 9. The van der Waals surface area contributed by atoms with Crippen LogP contribution in [-0.4, -0.2) is 54.2 Å². The van der Waals surface area contributed by atoms with Crippen molar-refractivity contribution in [1.82, 2.24) is 19.5 Å². The minimum absolute atomic E-state index is 0.0855. The molecule has 3 N–H and O–H groups in total. The van der Waals surface area contributed by atoms with Gasteiger partial charge in [0.2, 0.25) is 5.95 Å². The summed E-state index contributed by atoms with van der Waals surface area (Å²) in [6, 6.07) is 6.27. The Balaban J connectivity index is 1.81. The van der Waals surface area contributed by atoms with Crippen molar-refractivity contribution in [2.24, 2.45) is 11.4 Å². The molecule has 178 valence electrons. The maximum Gasteiger partial charge on any atom is 0.441 e. The highest BCUT2D eigenvalue weighted by molar-refractivity contribution is 7.75. The summed E-state index contributed by atoms with van der Waals surface area (Å²) in [7, 11) is -0.409. The fraction of sp³-hybridized carbons (Fsp3) is 0.273. The van der Waals surface area contributed by atoms with Crippen LogP contribution in [0.5, 0.6) is 0 Å². The molecule has 3 rings (SSSR count). The fourth-order valence-electron chi connectivity index (χ4n) is 2.62. The number of carbonyl (C=O) groups is 1. The quantitative estimate of drug-likeness (QED) is 0.294. The van der Waals surface area contributed by atoms with Crippen LogP contribution in [0.4, 0.5) is 22.2 Å². The van der Waals surface area contributed by atoms with E-state index in [0.29, 0.717) is 27.9 Å². The molecule has 2 aromatic heterocycles. The van der Waals surface area contributed by atoms with Gasteiger partial charge in [-0.3, -0.25) is 0 Å². The van der Waals surface area contributed by atoms with E-state index < -0.39 is 16.7 Å². The highest BCUT2D eigenvalue weighted by Gasteiger charge is 2.10. The second-order valence-electron chi connectivity index (χ2n) is 7.07. The van der Waals surface area contributed by atoms with Crippen LogP contribution in [0, 0.1) is 11.8 Å². The van der Waals surface area contributed by atoms with Gasteiger partial charge in [0.25, 0.3) is 0 Å². The number of imidazole rings is 1. The Labute approximate surface area is 198 Å². The van der Waals surface area contributed by atoms with Crippen LogP contribution >= 0.6 is 0 Å². The lowest BCUT2D eigenvalue weighted by Gasteiger charge is -2.14. The number of anilines is 3. The standard InChI is InChI=1S/C22H25N7O4S/c1-4-33-22(31)28-34(32)19-9-6-17(7-10-19)26-21-24-11-16(20(27-21)25-15(2)13-30)5-8-18-12-23-14-29(18)3/h6-7,9-12,14-15,30,34H,4,13H2,1-3H3,(H2,24,25,26,27)/t15-/m1/s1. The Kier molecular flexibility index (Phi) is 8.55. The SMILES string of the molecule is CCOC(=O)/N=[SH](=O)/c1ccc(Nc2ncc(C#Cc3cncn3C)c(N[C@H](C)CO)n2)cc1. The summed E-state index contributed by atoms with van der Waals surface area (Å²) in [5.74, 6) is 6.82. The van der Waals surface area contributed by atoms with E-state index in [1.807, 2.05) is 14.0 Å². The van der Waals surface area contributed by atoms with E-state index in [4.69, 9.17) is 0 Å². The third-order valence-corrected chi connectivity index (χ3v) is 5.46. The van der Waals surface area contributed by atoms with Crippen molar-refractivity contribution in [3.8, 4) is 11.8 Å². The summed E-state index contributed by atoms with van der Waals surface area (Å²) in [6.45, 7) is 3.54. The molecule has 0 aliphatic rings. The van der Waals surface area contributed by atoms with E-state index in [-0.39, 0.29) is 19.3 Å². The Hall–Kier alpha value is -3.95. The molecule has 0 saturated carbocycles. The second-order valence-corrected chi connectivity index (χ2v) is 8.33. The van der Waals surface area contributed by atoms with Gasteiger partial charge in [0.05, 0.1) is 48.1 Å². The van der Waals surface area contributed by atoms with Crippen molar-refractivity contribution in [2.45, 2.75) is 24.8 Å². The zero-order valence-electron chi connectivity index (χ0n) is 18.9. The molecule has 2 atom stereocenters. The normalized spacial score (nSPS) is 12.4. The number of aromatic nitrogens is 4. The summed E-state index contributed by atoms with van der Waals surface area (Å²) < 4.78 is 22.2. The topological polar surface area (TPSA) is 144 Å². The van der Waals surface area contributed by atoms with Gasteiger partial charge >= 0.3 is 6.09 Å². The molecular weight excluding hydrogens is 458 g/mol. The molecule has 1 unspecified atom stereocenters. The Morgan fingerprint density at radius 2 is 2.06 bits per heavy atom. The first kappa shape index (κ1) is 24.7. The largest absolute Gasteiger partial charge is 0.448 e. The zero-order chi connectivity index (χ0) is 24.5. The molecule has 0 fully saturated rings. The number of nitrogens with zero attached hydrogens (tertiary/aromatic N) is 5. The Morgan fingerprint density at radius 1 is 1.29 bits per heavy atom. The molecule has 1 aromatic carbocycles. The number of ether oxygens (including phenoxy) is 1. The van der Waals surface area contributed by atoms with Gasteiger partial charge in [-0.15, -0.1) is 4.36 Å². The van der Waals surface area contributed by atoms with Crippen molar-refractivity contribution < 1.29 is 18.8 Å². The molecular formula is C22H25N7O4S. The van der Waals surface area contributed by atoms with E-state index in [9.17, 15) is 14.1 Å². The van der Waals surface area contributed by atoms with Crippen LogP contribution in [0.3, 0.4) is 0 Å². The lowest BCUT2D eigenvalue weighted by molar-refractivity contribution is 0.164. The van der Waals surface area contributed by atoms with Gasteiger partial charge in [-0.25, -0.2) is 19.0 Å². The summed E-state index contributed by atoms with van der Waals surface area (Å²) in [4.78, 5) is 24.6. The van der Waals surface area contributed by atoms with Crippen molar-refractivity contribution >= 4 is 34.1 Å². The van der Waals surface area contributed by atoms with Gasteiger partial charge < -0.3 is 25.0 Å². The molecule has 0 bridgehead atoms. The molecule has 0 radical (unpaired) electrons. The second kappa shape index (κ2) is 11.8. The summed E-state index contributed by atoms with van der Waals surface area (Å²) in [5, 5.41) is 15.6. The monoisotopic (exact) mass is 483 g/mol. The molecule has 1 amide bonds. The van der Waals surface area contributed by atoms with Gasteiger partial charge in [0.15, 0.2) is 0 Å². The number of aliphatic hydroxyl groups excluding tert-OH is 1. The minimum Gasteiger partial charge on any atom is -0.448 e. The summed E-state index contributed by atoms with van der Waals surface area (Å²) >= 11 is 0. The third-order valence-electron chi connectivity index (χ3n) is 4.37. The molecule has 0 spiro atoms. The number of hydrogen-bond donors (Lipinski definition) is 4. The van der Waals surface area contributed by atoms with Gasteiger partial charge in [0, 0.05) is 23.7 Å². The first-order chi connectivity index (χ1) is 16.4. The maximum atomic E-state index is 12.2.